The fourth-order valence-corrected chi connectivity index (χ4v) is 2.29. The van der Waals surface area contributed by atoms with Crippen LogP contribution in [0.15, 0.2) is 42.5 Å². The van der Waals surface area contributed by atoms with Crippen LogP contribution in [0.4, 0.5) is 0 Å². The van der Waals surface area contributed by atoms with Gasteiger partial charge in [0.25, 0.3) is 0 Å². The van der Waals surface area contributed by atoms with Crippen LogP contribution in [-0.4, -0.2) is 5.78 Å². The highest BCUT2D eigenvalue weighted by molar-refractivity contribution is 6.17. The van der Waals surface area contributed by atoms with Crippen molar-refractivity contribution in [1.82, 2.24) is 0 Å². The minimum atomic E-state index is 0.0132. The van der Waals surface area contributed by atoms with Crippen molar-refractivity contribution in [2.75, 3.05) is 0 Å². The molecule has 0 N–H and O–H groups in total. The van der Waals surface area contributed by atoms with Crippen LogP contribution in [0.5, 0.6) is 5.75 Å². The van der Waals surface area contributed by atoms with Crippen molar-refractivity contribution < 1.29 is 9.53 Å². The van der Waals surface area contributed by atoms with Crippen LogP contribution >= 0.6 is 11.6 Å². The number of alkyl halides is 1. The molecule has 18 heavy (non-hydrogen) atoms. The van der Waals surface area contributed by atoms with Crippen LogP contribution in [0.2, 0.25) is 0 Å². The average Bonchev–Trinajstić information content (AvgIpc) is 2.57. The maximum Gasteiger partial charge on any atom is 0.197 e. The van der Waals surface area contributed by atoms with E-state index in [0.29, 0.717) is 23.8 Å². The zero-order valence-corrected chi connectivity index (χ0v) is 10.4. The Hall–Kier alpha value is -1.80. The van der Waals surface area contributed by atoms with Crippen LogP contribution in [0.25, 0.3) is 0 Å². The number of hydrogen-bond donors (Lipinski definition) is 0. The second-order valence-electron chi connectivity index (χ2n) is 4.24. The Bertz CT molecular complexity index is 620. The van der Waals surface area contributed by atoms with E-state index in [1.807, 2.05) is 36.4 Å². The zero-order valence-electron chi connectivity index (χ0n) is 9.65. The lowest BCUT2D eigenvalue weighted by atomic mass is 9.98. The average molecular weight is 259 g/mol. The number of halogens is 1. The van der Waals surface area contributed by atoms with Gasteiger partial charge in [0, 0.05) is 17.0 Å². The largest absolute Gasteiger partial charge is 0.488 e. The van der Waals surface area contributed by atoms with Gasteiger partial charge in [-0.3, -0.25) is 4.79 Å². The summed E-state index contributed by atoms with van der Waals surface area (Å²) in [6.45, 7) is 0.417. The summed E-state index contributed by atoms with van der Waals surface area (Å²) in [5, 5.41) is 0. The summed E-state index contributed by atoms with van der Waals surface area (Å²) in [4.78, 5) is 12.4. The first-order valence-corrected chi connectivity index (χ1v) is 6.27. The minimum absolute atomic E-state index is 0.0132. The van der Waals surface area contributed by atoms with E-state index < -0.39 is 0 Å². The number of carbonyl (C=O) groups excluding carboxylic acids is 1. The summed E-state index contributed by atoms with van der Waals surface area (Å²) in [7, 11) is 0. The topological polar surface area (TPSA) is 26.3 Å². The van der Waals surface area contributed by atoms with E-state index in [-0.39, 0.29) is 5.78 Å². The van der Waals surface area contributed by atoms with Crippen molar-refractivity contribution in [3.63, 3.8) is 0 Å². The van der Waals surface area contributed by atoms with Gasteiger partial charge in [0.05, 0.1) is 5.56 Å². The summed E-state index contributed by atoms with van der Waals surface area (Å²) in [6.07, 6.45) is 0. The third kappa shape index (κ3) is 1.79. The number of carbonyl (C=O) groups is 1. The maximum atomic E-state index is 12.4. The van der Waals surface area contributed by atoms with Gasteiger partial charge in [-0.2, -0.15) is 0 Å². The SMILES string of the molecule is O=C1c2ccccc2COc2cc(CCl)ccc21. The van der Waals surface area contributed by atoms with Gasteiger partial charge in [-0.1, -0.05) is 30.3 Å². The van der Waals surface area contributed by atoms with E-state index in [1.165, 1.54) is 0 Å². The smallest absolute Gasteiger partial charge is 0.197 e. The number of benzene rings is 2. The van der Waals surface area contributed by atoms with Gasteiger partial charge >= 0.3 is 0 Å². The molecule has 2 nitrogen and oxygen atoms in total. The van der Waals surface area contributed by atoms with E-state index in [0.717, 1.165) is 16.7 Å². The molecule has 0 bridgehead atoms. The van der Waals surface area contributed by atoms with Gasteiger partial charge in [0.1, 0.15) is 12.4 Å². The fourth-order valence-electron chi connectivity index (χ4n) is 2.13. The van der Waals surface area contributed by atoms with Crippen molar-refractivity contribution in [3.05, 3.63) is 64.7 Å². The van der Waals surface area contributed by atoms with Gasteiger partial charge < -0.3 is 4.74 Å². The highest BCUT2D eigenvalue weighted by Crippen LogP contribution is 2.29. The van der Waals surface area contributed by atoms with Crippen molar-refractivity contribution >= 4 is 17.4 Å². The Morgan fingerprint density at radius 2 is 1.94 bits per heavy atom. The Balaban J connectivity index is 2.15. The molecule has 2 aromatic carbocycles. The van der Waals surface area contributed by atoms with Gasteiger partial charge in [0.15, 0.2) is 5.78 Å². The number of fused-ring (bicyclic) bond motifs is 2. The quantitative estimate of drug-likeness (QED) is 0.731. The Morgan fingerprint density at radius 3 is 2.78 bits per heavy atom. The molecule has 0 saturated heterocycles. The third-order valence-corrected chi connectivity index (χ3v) is 3.40. The number of ether oxygens (including phenoxy) is 1. The van der Waals surface area contributed by atoms with Crippen molar-refractivity contribution in [3.8, 4) is 5.75 Å². The molecule has 0 aromatic heterocycles. The van der Waals surface area contributed by atoms with Gasteiger partial charge in [-0.25, -0.2) is 0 Å². The lowest BCUT2D eigenvalue weighted by Gasteiger charge is -2.07. The zero-order chi connectivity index (χ0) is 12.5. The first-order chi connectivity index (χ1) is 8.79. The second-order valence-corrected chi connectivity index (χ2v) is 4.51. The predicted octanol–water partition coefficient (Wildman–Crippen LogP) is 3.55. The Kier molecular flexibility index (Phi) is 2.80. The molecule has 0 radical (unpaired) electrons. The van der Waals surface area contributed by atoms with E-state index in [1.54, 1.807) is 6.07 Å². The summed E-state index contributed by atoms with van der Waals surface area (Å²) in [5.41, 5.74) is 3.20. The molecule has 2 aromatic rings. The lowest BCUT2D eigenvalue weighted by Crippen LogP contribution is -2.02. The summed E-state index contributed by atoms with van der Waals surface area (Å²) >= 11 is 5.80. The van der Waals surface area contributed by atoms with E-state index in [4.69, 9.17) is 16.3 Å². The van der Waals surface area contributed by atoms with Gasteiger partial charge in [-0.05, 0) is 17.7 Å². The molecule has 0 spiro atoms. The first-order valence-electron chi connectivity index (χ1n) is 5.74. The molecule has 1 aliphatic heterocycles. The van der Waals surface area contributed by atoms with E-state index >= 15 is 0 Å². The predicted molar refractivity (Wildman–Crippen MR) is 70.2 cm³/mol. The monoisotopic (exact) mass is 258 g/mol. The van der Waals surface area contributed by atoms with Crippen molar-refractivity contribution in [2.45, 2.75) is 12.5 Å². The van der Waals surface area contributed by atoms with E-state index in [9.17, 15) is 4.79 Å². The van der Waals surface area contributed by atoms with Crippen LogP contribution in [0.3, 0.4) is 0 Å². The first kappa shape index (κ1) is 11.3. The highest BCUT2D eigenvalue weighted by Gasteiger charge is 2.21. The summed E-state index contributed by atoms with van der Waals surface area (Å²) in [5.74, 6) is 1.05. The molecule has 0 atom stereocenters. The standard InChI is InChI=1S/C15H11ClO2/c16-8-10-5-6-13-14(7-10)18-9-11-3-1-2-4-12(11)15(13)17/h1-7H,8-9H2. The van der Waals surface area contributed by atoms with E-state index in [2.05, 4.69) is 0 Å². The Labute approximate surface area is 110 Å². The van der Waals surface area contributed by atoms with Crippen LogP contribution in [0.1, 0.15) is 27.0 Å². The Morgan fingerprint density at radius 1 is 1.11 bits per heavy atom. The highest BCUT2D eigenvalue weighted by atomic mass is 35.5. The lowest BCUT2D eigenvalue weighted by molar-refractivity contribution is 0.103. The van der Waals surface area contributed by atoms with Crippen molar-refractivity contribution in [2.24, 2.45) is 0 Å². The van der Waals surface area contributed by atoms with Gasteiger partial charge in [-0.15, -0.1) is 11.6 Å². The van der Waals surface area contributed by atoms with Crippen LogP contribution in [-0.2, 0) is 12.5 Å². The number of rotatable bonds is 1. The molecular weight excluding hydrogens is 248 g/mol. The molecular formula is C15H11ClO2. The molecule has 3 heteroatoms. The molecule has 0 fully saturated rings. The molecule has 0 unspecified atom stereocenters. The third-order valence-electron chi connectivity index (χ3n) is 3.09. The summed E-state index contributed by atoms with van der Waals surface area (Å²) < 4.78 is 5.71. The second kappa shape index (κ2) is 4.46. The van der Waals surface area contributed by atoms with Crippen LogP contribution < -0.4 is 4.74 Å². The molecule has 1 aliphatic rings. The van der Waals surface area contributed by atoms with Crippen LogP contribution in [0, 0.1) is 0 Å². The maximum absolute atomic E-state index is 12.4. The molecule has 3 rings (SSSR count). The minimum Gasteiger partial charge on any atom is -0.488 e. The number of ketones is 1. The van der Waals surface area contributed by atoms with Gasteiger partial charge in [0.2, 0.25) is 0 Å². The molecule has 0 saturated carbocycles. The molecule has 0 amide bonds. The van der Waals surface area contributed by atoms with Crippen molar-refractivity contribution in [1.29, 1.82) is 0 Å². The molecule has 90 valence electrons. The summed E-state index contributed by atoms with van der Waals surface area (Å²) in [6, 6.07) is 13.0. The number of hydrogen-bond acceptors (Lipinski definition) is 2. The fraction of sp³-hybridized carbons (Fsp3) is 0.133. The molecule has 1 heterocycles. The normalized spacial score (nSPS) is 13.3. The molecule has 0 aliphatic carbocycles.